The van der Waals surface area contributed by atoms with Crippen molar-refractivity contribution in [1.29, 1.82) is 0 Å². The minimum atomic E-state index is -1.07. The summed E-state index contributed by atoms with van der Waals surface area (Å²) >= 11 is 0. The van der Waals surface area contributed by atoms with Crippen LogP contribution in [0.1, 0.15) is 21.7 Å². The lowest BCUT2D eigenvalue weighted by molar-refractivity contribution is 0.0658. The number of fused-ring (bicyclic) bond motifs is 1. The number of carboxylic acid groups (broad SMARTS) is 1. The number of hydrogen-bond donors (Lipinski definition) is 1. The van der Waals surface area contributed by atoms with E-state index < -0.39 is 5.97 Å². The van der Waals surface area contributed by atoms with Gasteiger partial charge in [0.1, 0.15) is 5.58 Å². The zero-order valence-corrected chi connectivity index (χ0v) is 9.11. The summed E-state index contributed by atoms with van der Waals surface area (Å²) in [4.78, 5) is 11.0. The predicted octanol–water partition coefficient (Wildman–Crippen LogP) is 2.59. The van der Waals surface area contributed by atoms with E-state index in [4.69, 9.17) is 14.3 Å². The van der Waals surface area contributed by atoms with Gasteiger partial charge in [0.05, 0.1) is 6.61 Å². The molecule has 0 radical (unpaired) electrons. The molecule has 1 N–H and O–H groups in total. The summed E-state index contributed by atoms with van der Waals surface area (Å²) in [5.74, 6) is -1.11. The van der Waals surface area contributed by atoms with Gasteiger partial charge in [0, 0.05) is 18.1 Å². The zero-order chi connectivity index (χ0) is 11.7. The van der Waals surface area contributed by atoms with Crippen LogP contribution in [0.2, 0.25) is 0 Å². The van der Waals surface area contributed by atoms with Crippen molar-refractivity contribution in [1.82, 2.24) is 0 Å². The van der Waals surface area contributed by atoms with E-state index in [0.717, 1.165) is 10.9 Å². The SMILES string of the molecule is COCc1c(C(=O)O)oc2ccc(C)cc12. The fourth-order valence-corrected chi connectivity index (χ4v) is 1.72. The van der Waals surface area contributed by atoms with Crippen LogP contribution in [0.3, 0.4) is 0 Å². The van der Waals surface area contributed by atoms with Gasteiger partial charge in [0.15, 0.2) is 0 Å². The van der Waals surface area contributed by atoms with E-state index >= 15 is 0 Å². The standard InChI is InChI=1S/C12H12O4/c1-7-3-4-10-8(5-7)9(6-15-2)11(16-10)12(13)14/h3-5H,6H2,1-2H3,(H,13,14). The van der Waals surface area contributed by atoms with Crippen molar-refractivity contribution in [2.75, 3.05) is 7.11 Å². The second-order valence-electron chi connectivity index (χ2n) is 3.65. The number of aryl methyl sites for hydroxylation is 1. The monoisotopic (exact) mass is 220 g/mol. The number of carbonyl (C=O) groups is 1. The molecule has 0 aliphatic rings. The number of rotatable bonds is 3. The molecule has 0 atom stereocenters. The second-order valence-corrected chi connectivity index (χ2v) is 3.65. The highest BCUT2D eigenvalue weighted by Gasteiger charge is 2.19. The quantitative estimate of drug-likeness (QED) is 0.863. The normalized spacial score (nSPS) is 10.9. The van der Waals surface area contributed by atoms with E-state index in [1.165, 1.54) is 7.11 Å². The molecular weight excluding hydrogens is 208 g/mol. The van der Waals surface area contributed by atoms with Gasteiger partial charge in [0.25, 0.3) is 0 Å². The predicted molar refractivity (Wildman–Crippen MR) is 58.6 cm³/mol. The lowest BCUT2D eigenvalue weighted by atomic mass is 10.1. The number of furan rings is 1. The molecule has 0 bridgehead atoms. The third-order valence-electron chi connectivity index (χ3n) is 2.43. The Morgan fingerprint density at radius 2 is 2.25 bits per heavy atom. The Labute approximate surface area is 92.4 Å². The minimum Gasteiger partial charge on any atom is -0.475 e. The molecule has 2 aromatic rings. The third-order valence-corrected chi connectivity index (χ3v) is 2.43. The number of hydrogen-bond acceptors (Lipinski definition) is 3. The largest absolute Gasteiger partial charge is 0.475 e. The van der Waals surface area contributed by atoms with E-state index in [0.29, 0.717) is 11.1 Å². The molecule has 4 heteroatoms. The lowest BCUT2D eigenvalue weighted by Crippen LogP contribution is -1.99. The van der Waals surface area contributed by atoms with Gasteiger partial charge in [-0.25, -0.2) is 4.79 Å². The van der Waals surface area contributed by atoms with E-state index in [2.05, 4.69) is 0 Å². The van der Waals surface area contributed by atoms with E-state index in [-0.39, 0.29) is 12.4 Å². The highest BCUT2D eigenvalue weighted by atomic mass is 16.5. The third kappa shape index (κ3) is 1.67. The molecule has 2 rings (SSSR count). The summed E-state index contributed by atoms with van der Waals surface area (Å²) < 4.78 is 10.3. The highest BCUT2D eigenvalue weighted by Crippen LogP contribution is 2.27. The van der Waals surface area contributed by atoms with Crippen LogP contribution in [-0.2, 0) is 11.3 Å². The molecular formula is C12H12O4. The number of methoxy groups -OCH3 is 1. The Morgan fingerprint density at radius 3 is 2.88 bits per heavy atom. The Hall–Kier alpha value is -1.81. The van der Waals surface area contributed by atoms with Gasteiger partial charge in [-0.15, -0.1) is 0 Å². The fraction of sp³-hybridized carbons (Fsp3) is 0.250. The first kappa shape index (κ1) is 10.7. The van der Waals surface area contributed by atoms with Crippen molar-refractivity contribution in [2.45, 2.75) is 13.5 Å². The van der Waals surface area contributed by atoms with Gasteiger partial charge in [0.2, 0.25) is 5.76 Å². The molecule has 0 saturated heterocycles. The molecule has 0 spiro atoms. The Morgan fingerprint density at radius 1 is 1.50 bits per heavy atom. The molecule has 0 fully saturated rings. The summed E-state index contributed by atoms with van der Waals surface area (Å²) in [6.07, 6.45) is 0. The second kappa shape index (κ2) is 3.98. The minimum absolute atomic E-state index is 0.0394. The zero-order valence-electron chi connectivity index (χ0n) is 9.11. The van der Waals surface area contributed by atoms with Gasteiger partial charge in [-0.2, -0.15) is 0 Å². The van der Waals surface area contributed by atoms with Gasteiger partial charge >= 0.3 is 5.97 Å². The summed E-state index contributed by atoms with van der Waals surface area (Å²) in [6.45, 7) is 2.18. The lowest BCUT2D eigenvalue weighted by Gasteiger charge is -1.98. The molecule has 1 heterocycles. The van der Waals surface area contributed by atoms with E-state index in [9.17, 15) is 4.79 Å². The number of benzene rings is 1. The molecule has 0 amide bonds. The number of ether oxygens (including phenoxy) is 1. The van der Waals surface area contributed by atoms with Crippen molar-refractivity contribution < 1.29 is 19.1 Å². The molecule has 0 unspecified atom stereocenters. The molecule has 1 aromatic heterocycles. The summed E-state index contributed by atoms with van der Waals surface area (Å²) in [7, 11) is 1.53. The fourth-order valence-electron chi connectivity index (χ4n) is 1.72. The van der Waals surface area contributed by atoms with Crippen LogP contribution in [-0.4, -0.2) is 18.2 Å². The van der Waals surface area contributed by atoms with Gasteiger partial charge in [-0.05, 0) is 19.1 Å². The maximum absolute atomic E-state index is 11.0. The van der Waals surface area contributed by atoms with Crippen molar-refractivity contribution in [2.24, 2.45) is 0 Å². The van der Waals surface area contributed by atoms with Crippen LogP contribution in [0.25, 0.3) is 11.0 Å². The van der Waals surface area contributed by atoms with Crippen molar-refractivity contribution in [3.05, 3.63) is 35.1 Å². The Kier molecular flexibility index (Phi) is 2.66. The van der Waals surface area contributed by atoms with Crippen LogP contribution in [0.15, 0.2) is 22.6 Å². The van der Waals surface area contributed by atoms with Crippen LogP contribution < -0.4 is 0 Å². The van der Waals surface area contributed by atoms with E-state index in [1.807, 2.05) is 19.1 Å². The van der Waals surface area contributed by atoms with E-state index in [1.54, 1.807) is 6.07 Å². The van der Waals surface area contributed by atoms with Crippen LogP contribution >= 0.6 is 0 Å². The molecule has 1 aromatic carbocycles. The Balaban J connectivity index is 2.71. The van der Waals surface area contributed by atoms with Crippen LogP contribution in [0, 0.1) is 6.92 Å². The van der Waals surface area contributed by atoms with Gasteiger partial charge < -0.3 is 14.3 Å². The topological polar surface area (TPSA) is 59.7 Å². The maximum Gasteiger partial charge on any atom is 0.372 e. The van der Waals surface area contributed by atoms with Crippen molar-refractivity contribution in [3.8, 4) is 0 Å². The highest BCUT2D eigenvalue weighted by molar-refractivity contribution is 5.95. The molecule has 84 valence electrons. The number of aromatic carboxylic acids is 1. The van der Waals surface area contributed by atoms with Crippen LogP contribution in [0.4, 0.5) is 0 Å². The smallest absolute Gasteiger partial charge is 0.372 e. The molecule has 16 heavy (non-hydrogen) atoms. The average Bonchev–Trinajstić information content (AvgIpc) is 2.58. The first-order valence-corrected chi connectivity index (χ1v) is 4.87. The average molecular weight is 220 g/mol. The molecule has 0 saturated carbocycles. The van der Waals surface area contributed by atoms with Crippen molar-refractivity contribution in [3.63, 3.8) is 0 Å². The first-order chi connectivity index (χ1) is 7.63. The van der Waals surface area contributed by atoms with Crippen molar-refractivity contribution >= 4 is 16.9 Å². The summed E-state index contributed by atoms with van der Waals surface area (Å²) in [5, 5.41) is 9.82. The molecule has 0 aliphatic carbocycles. The maximum atomic E-state index is 11.0. The van der Waals surface area contributed by atoms with Crippen LogP contribution in [0.5, 0.6) is 0 Å². The Bertz CT molecular complexity index is 539. The molecule has 4 nitrogen and oxygen atoms in total. The number of carboxylic acids is 1. The van der Waals surface area contributed by atoms with Gasteiger partial charge in [-0.3, -0.25) is 0 Å². The summed E-state index contributed by atoms with van der Waals surface area (Å²) in [6, 6.07) is 5.56. The summed E-state index contributed by atoms with van der Waals surface area (Å²) in [5.41, 5.74) is 2.23. The molecule has 0 aliphatic heterocycles. The first-order valence-electron chi connectivity index (χ1n) is 4.87. The van der Waals surface area contributed by atoms with Gasteiger partial charge in [-0.1, -0.05) is 11.6 Å².